The van der Waals surface area contributed by atoms with E-state index < -0.39 is 0 Å². The number of aromatic amines is 1. The Morgan fingerprint density at radius 2 is 2.41 bits per heavy atom. The van der Waals surface area contributed by atoms with Crippen LogP contribution in [0.25, 0.3) is 0 Å². The highest BCUT2D eigenvalue weighted by Gasteiger charge is 2.11. The van der Waals surface area contributed by atoms with Gasteiger partial charge < -0.3 is 5.32 Å². The average Bonchev–Trinajstić information content (AvgIpc) is 2.94. The molecule has 0 spiro atoms. The first-order valence-electron chi connectivity index (χ1n) is 5.30. The van der Waals surface area contributed by atoms with Crippen LogP contribution >= 0.6 is 11.3 Å². The summed E-state index contributed by atoms with van der Waals surface area (Å²) in [5, 5.41) is 10.0. The summed E-state index contributed by atoms with van der Waals surface area (Å²) in [6, 6.07) is 0. The van der Waals surface area contributed by atoms with E-state index in [1.165, 1.54) is 4.88 Å². The van der Waals surface area contributed by atoms with E-state index in [2.05, 4.69) is 32.4 Å². The SMILES string of the molecule is CCc1cnc(CNC(=O)c2n[nH]c(C)n2)s1. The zero-order chi connectivity index (χ0) is 12.3. The van der Waals surface area contributed by atoms with Crippen LogP contribution in [0.5, 0.6) is 0 Å². The number of carbonyl (C=O) groups excluding carboxylic acids is 1. The fourth-order valence-electron chi connectivity index (χ4n) is 1.27. The predicted octanol–water partition coefficient (Wildman–Crippen LogP) is 1.06. The Hall–Kier alpha value is -1.76. The second-order valence-electron chi connectivity index (χ2n) is 3.50. The molecule has 2 rings (SSSR count). The van der Waals surface area contributed by atoms with E-state index >= 15 is 0 Å². The fourth-order valence-corrected chi connectivity index (χ4v) is 2.07. The Morgan fingerprint density at radius 1 is 1.59 bits per heavy atom. The van der Waals surface area contributed by atoms with Gasteiger partial charge in [0.2, 0.25) is 5.82 Å². The summed E-state index contributed by atoms with van der Waals surface area (Å²) < 4.78 is 0. The molecule has 7 heteroatoms. The molecule has 0 unspecified atom stereocenters. The number of amides is 1. The number of nitrogens with one attached hydrogen (secondary N) is 2. The highest BCUT2D eigenvalue weighted by Crippen LogP contribution is 2.12. The van der Waals surface area contributed by atoms with Gasteiger partial charge in [-0.05, 0) is 13.3 Å². The van der Waals surface area contributed by atoms with Crippen LogP contribution in [0.3, 0.4) is 0 Å². The number of nitrogens with zero attached hydrogens (tertiary/aromatic N) is 3. The second-order valence-corrected chi connectivity index (χ2v) is 4.70. The molecule has 0 bridgehead atoms. The van der Waals surface area contributed by atoms with Crippen molar-refractivity contribution in [3.63, 3.8) is 0 Å². The van der Waals surface area contributed by atoms with Gasteiger partial charge in [0.1, 0.15) is 10.8 Å². The average molecular weight is 251 g/mol. The van der Waals surface area contributed by atoms with Gasteiger partial charge in [-0.15, -0.1) is 16.4 Å². The molecule has 17 heavy (non-hydrogen) atoms. The number of aromatic nitrogens is 4. The predicted molar refractivity (Wildman–Crippen MR) is 63.8 cm³/mol. The van der Waals surface area contributed by atoms with Gasteiger partial charge >= 0.3 is 0 Å². The molecule has 0 aromatic carbocycles. The third kappa shape index (κ3) is 2.88. The van der Waals surface area contributed by atoms with Gasteiger partial charge in [-0.25, -0.2) is 9.97 Å². The van der Waals surface area contributed by atoms with E-state index in [-0.39, 0.29) is 11.7 Å². The Balaban J connectivity index is 1.92. The van der Waals surface area contributed by atoms with E-state index in [1.54, 1.807) is 18.3 Å². The fraction of sp³-hybridized carbons (Fsp3) is 0.400. The summed E-state index contributed by atoms with van der Waals surface area (Å²) in [5.74, 6) is 0.495. The molecule has 0 aliphatic carbocycles. The smallest absolute Gasteiger partial charge is 0.291 e. The van der Waals surface area contributed by atoms with Crippen molar-refractivity contribution in [1.29, 1.82) is 0 Å². The van der Waals surface area contributed by atoms with Crippen molar-refractivity contribution in [3.05, 3.63) is 27.7 Å². The largest absolute Gasteiger partial charge is 0.343 e. The maximum Gasteiger partial charge on any atom is 0.291 e. The molecule has 1 amide bonds. The molecule has 0 saturated carbocycles. The molecule has 0 radical (unpaired) electrons. The quantitative estimate of drug-likeness (QED) is 0.851. The van der Waals surface area contributed by atoms with Crippen LogP contribution in [0.4, 0.5) is 0 Å². The molecule has 0 fully saturated rings. The minimum Gasteiger partial charge on any atom is -0.343 e. The summed E-state index contributed by atoms with van der Waals surface area (Å²) in [5.41, 5.74) is 0. The summed E-state index contributed by atoms with van der Waals surface area (Å²) in [4.78, 5) is 21.0. The van der Waals surface area contributed by atoms with Crippen molar-refractivity contribution in [2.75, 3.05) is 0 Å². The van der Waals surface area contributed by atoms with Crippen molar-refractivity contribution in [2.24, 2.45) is 0 Å². The van der Waals surface area contributed by atoms with Crippen molar-refractivity contribution in [1.82, 2.24) is 25.5 Å². The molecular formula is C10H13N5OS. The normalized spacial score (nSPS) is 10.5. The lowest BCUT2D eigenvalue weighted by atomic mass is 10.4. The molecule has 2 aromatic rings. The van der Waals surface area contributed by atoms with Gasteiger partial charge in [-0.2, -0.15) is 0 Å². The van der Waals surface area contributed by atoms with Crippen LogP contribution in [-0.2, 0) is 13.0 Å². The van der Waals surface area contributed by atoms with Crippen LogP contribution < -0.4 is 5.32 Å². The van der Waals surface area contributed by atoms with E-state index in [0.29, 0.717) is 12.4 Å². The Morgan fingerprint density at radius 3 is 3.00 bits per heavy atom. The lowest BCUT2D eigenvalue weighted by Gasteiger charge is -1.98. The standard InChI is InChI=1S/C10H13N5OS/c1-3-7-4-11-8(17-7)5-12-10(16)9-13-6(2)14-15-9/h4H,3,5H2,1-2H3,(H,12,16)(H,13,14,15). The van der Waals surface area contributed by atoms with Crippen LogP contribution in [-0.4, -0.2) is 26.1 Å². The zero-order valence-corrected chi connectivity index (χ0v) is 10.5. The molecule has 2 aromatic heterocycles. The van der Waals surface area contributed by atoms with E-state index in [4.69, 9.17) is 0 Å². The lowest BCUT2D eigenvalue weighted by molar-refractivity contribution is 0.0941. The van der Waals surface area contributed by atoms with E-state index in [1.807, 2.05) is 6.20 Å². The molecule has 2 N–H and O–H groups in total. The summed E-state index contributed by atoms with van der Waals surface area (Å²) in [7, 11) is 0. The third-order valence-electron chi connectivity index (χ3n) is 2.15. The van der Waals surface area contributed by atoms with Crippen molar-refractivity contribution in [2.45, 2.75) is 26.8 Å². The van der Waals surface area contributed by atoms with Gasteiger partial charge in [0, 0.05) is 11.1 Å². The molecule has 0 atom stereocenters. The van der Waals surface area contributed by atoms with Gasteiger partial charge in [0.05, 0.1) is 6.54 Å². The first kappa shape index (κ1) is 11.7. The highest BCUT2D eigenvalue weighted by molar-refractivity contribution is 7.11. The molecule has 2 heterocycles. The maximum absolute atomic E-state index is 11.6. The minimum absolute atomic E-state index is 0.162. The number of H-pyrrole nitrogens is 1. The van der Waals surface area contributed by atoms with E-state index in [0.717, 1.165) is 11.4 Å². The van der Waals surface area contributed by atoms with Crippen molar-refractivity contribution >= 4 is 17.2 Å². The molecule has 90 valence electrons. The topological polar surface area (TPSA) is 83.6 Å². The summed E-state index contributed by atoms with van der Waals surface area (Å²) >= 11 is 1.60. The zero-order valence-electron chi connectivity index (χ0n) is 9.65. The van der Waals surface area contributed by atoms with Gasteiger partial charge in [-0.3, -0.25) is 9.89 Å². The lowest BCUT2D eigenvalue weighted by Crippen LogP contribution is -2.23. The van der Waals surface area contributed by atoms with Crippen LogP contribution in [0.1, 0.15) is 33.3 Å². The molecule has 6 nitrogen and oxygen atoms in total. The maximum atomic E-state index is 11.6. The van der Waals surface area contributed by atoms with Crippen molar-refractivity contribution in [3.8, 4) is 0 Å². The van der Waals surface area contributed by atoms with Gasteiger partial charge in [0.15, 0.2) is 0 Å². The van der Waals surface area contributed by atoms with Crippen molar-refractivity contribution < 1.29 is 4.79 Å². The Labute approximate surface area is 103 Å². The Kier molecular flexibility index (Phi) is 3.48. The first-order chi connectivity index (χ1) is 8.19. The molecule has 0 aliphatic heterocycles. The van der Waals surface area contributed by atoms with Crippen LogP contribution in [0.15, 0.2) is 6.20 Å². The van der Waals surface area contributed by atoms with Gasteiger partial charge in [0.25, 0.3) is 5.91 Å². The van der Waals surface area contributed by atoms with Crippen LogP contribution in [0, 0.1) is 6.92 Å². The van der Waals surface area contributed by atoms with E-state index in [9.17, 15) is 4.79 Å². The number of carbonyl (C=O) groups is 1. The number of rotatable bonds is 4. The Bertz CT molecular complexity index is 518. The number of hydrogen-bond acceptors (Lipinski definition) is 5. The first-order valence-corrected chi connectivity index (χ1v) is 6.11. The summed E-state index contributed by atoms with van der Waals surface area (Å²) in [6.45, 7) is 4.24. The highest BCUT2D eigenvalue weighted by atomic mass is 32.1. The molecule has 0 aliphatic rings. The molecule has 0 saturated heterocycles. The second kappa shape index (κ2) is 5.05. The van der Waals surface area contributed by atoms with Gasteiger partial charge in [-0.1, -0.05) is 6.92 Å². The molecular weight excluding hydrogens is 238 g/mol. The number of thiazole rings is 1. The number of aryl methyl sites for hydroxylation is 2. The monoisotopic (exact) mass is 251 g/mol. The summed E-state index contributed by atoms with van der Waals surface area (Å²) in [6.07, 6.45) is 2.80. The van der Waals surface area contributed by atoms with Crippen LogP contribution in [0.2, 0.25) is 0 Å². The third-order valence-corrected chi connectivity index (χ3v) is 3.29. The minimum atomic E-state index is -0.289. The number of hydrogen-bond donors (Lipinski definition) is 2.